The second-order valence-electron chi connectivity index (χ2n) is 6.76. The summed E-state index contributed by atoms with van der Waals surface area (Å²) in [5.41, 5.74) is 2.93. The fourth-order valence-electron chi connectivity index (χ4n) is 3.51. The molecule has 1 N–H and O–H groups in total. The number of ether oxygens (including phenoxy) is 1. The minimum absolute atomic E-state index is 0.0187. The lowest BCUT2D eigenvalue weighted by atomic mass is 10.0. The van der Waals surface area contributed by atoms with E-state index >= 15 is 0 Å². The van der Waals surface area contributed by atoms with Crippen molar-refractivity contribution in [2.45, 2.75) is 19.8 Å². The predicted octanol–water partition coefficient (Wildman–Crippen LogP) is 2.81. The molecule has 1 aromatic heterocycles. The monoisotopic (exact) mass is 355 g/mol. The van der Waals surface area contributed by atoms with Gasteiger partial charge < -0.3 is 14.6 Å². The Balaban J connectivity index is 1.63. The standard InChI is InChI=1S/C21H29N3O2/c1-3-7-18(19-16-23(2)20-9-5-4-8-17(19)20)21(25)22-10-6-11-24-12-14-26-15-13-24/h4-5,7-9,16H,3,6,10-15H2,1-2H3,(H,22,25). The van der Waals surface area contributed by atoms with Crippen molar-refractivity contribution in [1.82, 2.24) is 14.8 Å². The zero-order valence-electron chi connectivity index (χ0n) is 15.8. The van der Waals surface area contributed by atoms with Gasteiger partial charge in [0.15, 0.2) is 0 Å². The van der Waals surface area contributed by atoms with E-state index in [4.69, 9.17) is 4.74 Å². The lowest BCUT2D eigenvalue weighted by molar-refractivity contribution is -0.115. The van der Waals surface area contributed by atoms with Crippen LogP contribution in [0.3, 0.4) is 0 Å². The van der Waals surface area contributed by atoms with Crippen LogP contribution in [0, 0.1) is 0 Å². The third-order valence-electron chi connectivity index (χ3n) is 4.88. The third-order valence-corrected chi connectivity index (χ3v) is 4.88. The SMILES string of the molecule is CCC=C(C(=O)NCCCN1CCOCC1)c1cn(C)c2ccccc12. The normalized spacial score (nSPS) is 16.2. The lowest BCUT2D eigenvalue weighted by Crippen LogP contribution is -2.38. The zero-order chi connectivity index (χ0) is 18.4. The summed E-state index contributed by atoms with van der Waals surface area (Å²) in [4.78, 5) is 15.2. The van der Waals surface area contributed by atoms with Crippen LogP contribution in [-0.4, -0.2) is 54.8 Å². The molecule has 0 saturated carbocycles. The fraction of sp³-hybridized carbons (Fsp3) is 0.476. The summed E-state index contributed by atoms with van der Waals surface area (Å²) >= 11 is 0. The third kappa shape index (κ3) is 4.34. The molecule has 0 aliphatic carbocycles. The van der Waals surface area contributed by atoms with Crippen molar-refractivity contribution in [1.29, 1.82) is 0 Å². The maximum atomic E-state index is 12.8. The summed E-state index contributed by atoms with van der Waals surface area (Å²) in [6.45, 7) is 7.38. The number of hydrogen-bond acceptors (Lipinski definition) is 3. The van der Waals surface area contributed by atoms with Crippen LogP contribution in [-0.2, 0) is 16.6 Å². The molecule has 1 aromatic carbocycles. The van der Waals surface area contributed by atoms with E-state index in [9.17, 15) is 4.79 Å². The van der Waals surface area contributed by atoms with Gasteiger partial charge in [-0.25, -0.2) is 0 Å². The molecule has 1 saturated heterocycles. The first-order chi connectivity index (χ1) is 12.7. The topological polar surface area (TPSA) is 46.5 Å². The Morgan fingerprint density at radius 2 is 2.04 bits per heavy atom. The molecule has 0 spiro atoms. The first kappa shape index (κ1) is 18.7. The van der Waals surface area contributed by atoms with Crippen LogP contribution < -0.4 is 5.32 Å². The molecule has 0 atom stereocenters. The summed E-state index contributed by atoms with van der Waals surface area (Å²) in [5, 5.41) is 4.23. The molecule has 26 heavy (non-hydrogen) atoms. The number of para-hydroxylation sites is 1. The second kappa shape index (κ2) is 9.01. The maximum absolute atomic E-state index is 12.8. The van der Waals surface area contributed by atoms with Crippen molar-refractivity contribution >= 4 is 22.4 Å². The predicted molar refractivity (Wildman–Crippen MR) is 106 cm³/mol. The number of hydrogen-bond donors (Lipinski definition) is 1. The van der Waals surface area contributed by atoms with E-state index in [2.05, 4.69) is 40.0 Å². The Kier molecular flexibility index (Phi) is 6.47. The molecule has 1 aliphatic heterocycles. The van der Waals surface area contributed by atoms with Gasteiger partial charge in [0.05, 0.1) is 13.2 Å². The highest BCUT2D eigenvalue weighted by molar-refractivity contribution is 6.22. The number of amides is 1. The van der Waals surface area contributed by atoms with Gasteiger partial charge in [0.2, 0.25) is 0 Å². The number of nitrogens with one attached hydrogen (secondary N) is 1. The average Bonchev–Trinajstić information content (AvgIpc) is 3.01. The summed E-state index contributed by atoms with van der Waals surface area (Å²) in [7, 11) is 2.02. The number of aryl methyl sites for hydroxylation is 1. The second-order valence-corrected chi connectivity index (χ2v) is 6.76. The van der Waals surface area contributed by atoms with E-state index < -0.39 is 0 Å². The average molecular weight is 355 g/mol. The Morgan fingerprint density at radius 3 is 2.81 bits per heavy atom. The van der Waals surface area contributed by atoms with Crippen LogP contribution in [0.4, 0.5) is 0 Å². The van der Waals surface area contributed by atoms with Crippen molar-refractivity contribution in [3.05, 3.63) is 42.1 Å². The molecular weight excluding hydrogens is 326 g/mol. The van der Waals surface area contributed by atoms with Gasteiger partial charge >= 0.3 is 0 Å². The molecule has 1 fully saturated rings. The van der Waals surface area contributed by atoms with Crippen LogP contribution >= 0.6 is 0 Å². The molecule has 5 heteroatoms. The van der Waals surface area contributed by atoms with E-state index in [0.29, 0.717) is 6.54 Å². The summed E-state index contributed by atoms with van der Waals surface area (Å²) in [5.74, 6) is 0.0187. The highest BCUT2D eigenvalue weighted by atomic mass is 16.5. The lowest BCUT2D eigenvalue weighted by Gasteiger charge is -2.26. The van der Waals surface area contributed by atoms with E-state index in [1.807, 2.05) is 25.3 Å². The van der Waals surface area contributed by atoms with Gasteiger partial charge in [-0.2, -0.15) is 0 Å². The van der Waals surface area contributed by atoms with Crippen molar-refractivity contribution < 1.29 is 9.53 Å². The summed E-state index contributed by atoms with van der Waals surface area (Å²) in [6, 6.07) is 8.22. The summed E-state index contributed by atoms with van der Waals surface area (Å²) in [6.07, 6.45) is 5.87. The maximum Gasteiger partial charge on any atom is 0.251 e. The number of morpholine rings is 1. The number of allylic oxidation sites excluding steroid dienone is 1. The van der Waals surface area contributed by atoms with Crippen LogP contribution in [0.2, 0.25) is 0 Å². The molecule has 0 radical (unpaired) electrons. The minimum atomic E-state index is 0.0187. The fourth-order valence-corrected chi connectivity index (χ4v) is 3.51. The van der Waals surface area contributed by atoms with Gasteiger partial charge in [-0.1, -0.05) is 31.2 Å². The Bertz CT molecular complexity index is 773. The van der Waals surface area contributed by atoms with E-state index in [-0.39, 0.29) is 5.91 Å². The van der Waals surface area contributed by atoms with Crippen molar-refractivity contribution in [3.63, 3.8) is 0 Å². The van der Waals surface area contributed by atoms with Gasteiger partial charge in [0, 0.05) is 54.9 Å². The number of benzene rings is 1. The first-order valence-electron chi connectivity index (χ1n) is 9.53. The van der Waals surface area contributed by atoms with Gasteiger partial charge in [0.1, 0.15) is 0 Å². The van der Waals surface area contributed by atoms with E-state index in [1.165, 1.54) is 0 Å². The molecular formula is C21H29N3O2. The largest absolute Gasteiger partial charge is 0.379 e. The molecule has 1 aliphatic rings. The molecule has 2 aromatic rings. The minimum Gasteiger partial charge on any atom is -0.379 e. The zero-order valence-corrected chi connectivity index (χ0v) is 15.8. The first-order valence-corrected chi connectivity index (χ1v) is 9.53. The number of carbonyl (C=O) groups excluding carboxylic acids is 1. The molecule has 140 valence electrons. The van der Waals surface area contributed by atoms with Crippen molar-refractivity contribution in [2.24, 2.45) is 7.05 Å². The van der Waals surface area contributed by atoms with Crippen LogP contribution in [0.15, 0.2) is 36.5 Å². The number of rotatable bonds is 7. The van der Waals surface area contributed by atoms with E-state index in [1.54, 1.807) is 0 Å². The molecule has 0 unspecified atom stereocenters. The molecule has 1 amide bonds. The molecule has 0 bridgehead atoms. The van der Waals surface area contributed by atoms with Crippen LogP contribution in [0.1, 0.15) is 25.3 Å². The van der Waals surface area contributed by atoms with Gasteiger partial charge in [-0.15, -0.1) is 0 Å². The van der Waals surface area contributed by atoms with Crippen LogP contribution in [0.5, 0.6) is 0 Å². The Labute approximate surface area is 155 Å². The highest BCUT2D eigenvalue weighted by Crippen LogP contribution is 2.27. The number of carbonyl (C=O) groups is 1. The van der Waals surface area contributed by atoms with Gasteiger partial charge in [-0.3, -0.25) is 9.69 Å². The number of fused-ring (bicyclic) bond motifs is 1. The molecule has 3 rings (SSSR count). The smallest absolute Gasteiger partial charge is 0.251 e. The molecule has 2 heterocycles. The Hall–Kier alpha value is -2.11. The van der Waals surface area contributed by atoms with E-state index in [0.717, 1.165) is 67.7 Å². The van der Waals surface area contributed by atoms with Gasteiger partial charge in [-0.05, 0) is 25.5 Å². The van der Waals surface area contributed by atoms with Crippen molar-refractivity contribution in [2.75, 3.05) is 39.4 Å². The molecule has 5 nitrogen and oxygen atoms in total. The highest BCUT2D eigenvalue weighted by Gasteiger charge is 2.17. The van der Waals surface area contributed by atoms with Crippen LogP contribution in [0.25, 0.3) is 16.5 Å². The Morgan fingerprint density at radius 1 is 1.27 bits per heavy atom. The number of aromatic nitrogens is 1. The van der Waals surface area contributed by atoms with Gasteiger partial charge in [0.25, 0.3) is 5.91 Å². The quantitative estimate of drug-likeness (QED) is 0.614. The summed E-state index contributed by atoms with van der Waals surface area (Å²) < 4.78 is 7.45. The van der Waals surface area contributed by atoms with Crippen molar-refractivity contribution in [3.8, 4) is 0 Å². The number of nitrogens with zero attached hydrogens (tertiary/aromatic N) is 2.